The van der Waals surface area contributed by atoms with Gasteiger partial charge in [-0.1, -0.05) is 18.6 Å². The molecule has 1 aromatic carbocycles. The second kappa shape index (κ2) is 7.97. The summed E-state index contributed by atoms with van der Waals surface area (Å²) in [7, 11) is -3.68. The fourth-order valence-corrected chi connectivity index (χ4v) is 4.84. The number of carbonyl (C=O) groups excluding carboxylic acids is 1. The van der Waals surface area contributed by atoms with Gasteiger partial charge in [0, 0.05) is 25.5 Å². The maximum atomic E-state index is 13.0. The molecule has 1 aliphatic heterocycles. The molecule has 6 nitrogen and oxygen atoms in total. The third kappa shape index (κ3) is 3.94. The van der Waals surface area contributed by atoms with E-state index in [9.17, 15) is 13.2 Å². The molecule has 26 heavy (non-hydrogen) atoms. The van der Waals surface area contributed by atoms with Gasteiger partial charge in [0.15, 0.2) is 0 Å². The zero-order chi connectivity index (χ0) is 18.6. The van der Waals surface area contributed by atoms with Gasteiger partial charge >= 0.3 is 0 Å². The fraction of sp³-hybridized carbons (Fsp3) is 0.368. The van der Waals surface area contributed by atoms with Gasteiger partial charge < -0.3 is 5.32 Å². The van der Waals surface area contributed by atoms with Gasteiger partial charge in [-0.05, 0) is 49.6 Å². The summed E-state index contributed by atoms with van der Waals surface area (Å²) in [6.07, 6.45) is 6.07. The van der Waals surface area contributed by atoms with E-state index in [0.717, 1.165) is 24.8 Å². The number of aromatic nitrogens is 1. The lowest BCUT2D eigenvalue weighted by Crippen LogP contribution is -2.37. The summed E-state index contributed by atoms with van der Waals surface area (Å²) >= 11 is 0. The van der Waals surface area contributed by atoms with Gasteiger partial charge in [-0.15, -0.1) is 0 Å². The molecule has 0 spiro atoms. The van der Waals surface area contributed by atoms with E-state index in [4.69, 9.17) is 0 Å². The van der Waals surface area contributed by atoms with Gasteiger partial charge in [0.05, 0.1) is 16.5 Å². The van der Waals surface area contributed by atoms with Crippen molar-refractivity contribution in [1.29, 1.82) is 0 Å². The van der Waals surface area contributed by atoms with Crippen LogP contribution in [0.25, 0.3) is 0 Å². The number of hydrogen-bond donors (Lipinski definition) is 1. The number of piperidine rings is 1. The third-order valence-corrected chi connectivity index (χ3v) is 6.58. The summed E-state index contributed by atoms with van der Waals surface area (Å²) < 4.78 is 27.5. The molecule has 138 valence electrons. The number of benzene rings is 1. The first kappa shape index (κ1) is 18.5. The average molecular weight is 373 g/mol. The average Bonchev–Trinajstić information content (AvgIpc) is 2.69. The first-order valence-corrected chi connectivity index (χ1v) is 10.2. The second-order valence-electron chi connectivity index (χ2n) is 6.44. The van der Waals surface area contributed by atoms with Gasteiger partial charge in [0.1, 0.15) is 0 Å². The highest BCUT2D eigenvalue weighted by molar-refractivity contribution is 7.89. The van der Waals surface area contributed by atoms with Gasteiger partial charge in [-0.25, -0.2) is 8.42 Å². The Labute approximate surface area is 154 Å². The number of carbonyl (C=O) groups is 1. The standard InChI is InChI=1S/C19H23N3O3S/c1-15(16-9-11-20-12-10-16)21-19(23)17-7-3-4-8-18(17)26(24,25)22-13-5-2-6-14-22/h3-4,7-12,15H,2,5-6,13-14H2,1H3,(H,21,23). The molecule has 1 unspecified atom stereocenters. The zero-order valence-corrected chi connectivity index (χ0v) is 15.6. The lowest BCUT2D eigenvalue weighted by molar-refractivity contribution is 0.0936. The first-order chi connectivity index (χ1) is 12.5. The van der Waals surface area contributed by atoms with Crippen LogP contribution in [0.2, 0.25) is 0 Å². The van der Waals surface area contributed by atoms with Gasteiger partial charge in [-0.2, -0.15) is 4.31 Å². The molecule has 1 N–H and O–H groups in total. The molecule has 0 aliphatic carbocycles. The van der Waals surface area contributed by atoms with E-state index in [1.807, 2.05) is 19.1 Å². The molecule has 2 heterocycles. The summed E-state index contributed by atoms with van der Waals surface area (Å²) in [6.45, 7) is 2.87. The van der Waals surface area contributed by atoms with Gasteiger partial charge in [-0.3, -0.25) is 9.78 Å². The molecule has 1 atom stereocenters. The maximum absolute atomic E-state index is 13.0. The number of nitrogens with zero attached hydrogens (tertiary/aromatic N) is 2. The summed E-state index contributed by atoms with van der Waals surface area (Å²) in [5.74, 6) is -0.398. The Morgan fingerprint density at radius 2 is 1.73 bits per heavy atom. The van der Waals surface area contributed by atoms with Crippen LogP contribution >= 0.6 is 0 Å². The minimum atomic E-state index is -3.68. The van der Waals surface area contributed by atoms with Crippen molar-refractivity contribution in [3.05, 3.63) is 59.9 Å². The Balaban J connectivity index is 1.85. The number of rotatable bonds is 5. The van der Waals surface area contributed by atoms with Crippen LogP contribution < -0.4 is 5.32 Å². The zero-order valence-electron chi connectivity index (χ0n) is 14.8. The van der Waals surface area contributed by atoms with Crippen LogP contribution in [-0.2, 0) is 10.0 Å². The number of nitrogens with one attached hydrogen (secondary N) is 1. The van der Waals surface area contributed by atoms with Crippen LogP contribution in [0.3, 0.4) is 0 Å². The van der Waals surface area contributed by atoms with E-state index in [1.165, 1.54) is 10.4 Å². The molecule has 3 rings (SSSR count). The number of amides is 1. The largest absolute Gasteiger partial charge is 0.345 e. The number of sulfonamides is 1. The summed E-state index contributed by atoms with van der Waals surface area (Å²) in [5, 5.41) is 2.88. The predicted molar refractivity (Wildman–Crippen MR) is 99.2 cm³/mol. The highest BCUT2D eigenvalue weighted by atomic mass is 32.2. The van der Waals surface area contributed by atoms with Crippen molar-refractivity contribution < 1.29 is 13.2 Å². The Hall–Kier alpha value is -2.25. The van der Waals surface area contributed by atoms with Gasteiger partial charge in [0.2, 0.25) is 10.0 Å². The van der Waals surface area contributed by atoms with Crippen LogP contribution in [0.1, 0.15) is 48.1 Å². The van der Waals surface area contributed by atoms with E-state index >= 15 is 0 Å². The van der Waals surface area contributed by atoms with E-state index in [0.29, 0.717) is 13.1 Å². The Kier molecular flexibility index (Phi) is 5.68. The van der Waals surface area contributed by atoms with Crippen LogP contribution in [0, 0.1) is 0 Å². The van der Waals surface area contributed by atoms with Crippen LogP contribution in [0.15, 0.2) is 53.7 Å². The minimum Gasteiger partial charge on any atom is -0.345 e. The monoisotopic (exact) mass is 373 g/mol. The highest BCUT2D eigenvalue weighted by Gasteiger charge is 2.30. The molecular formula is C19H23N3O3S. The van der Waals surface area contributed by atoms with Crippen LogP contribution in [0.4, 0.5) is 0 Å². The molecule has 1 aliphatic rings. The molecular weight excluding hydrogens is 350 g/mol. The first-order valence-electron chi connectivity index (χ1n) is 8.80. The maximum Gasteiger partial charge on any atom is 0.253 e. The molecule has 1 aromatic heterocycles. The smallest absolute Gasteiger partial charge is 0.253 e. The summed E-state index contributed by atoms with van der Waals surface area (Å²) in [4.78, 5) is 16.8. The molecule has 1 fully saturated rings. The topological polar surface area (TPSA) is 79.4 Å². The lowest BCUT2D eigenvalue weighted by atomic mass is 10.1. The molecule has 7 heteroatoms. The molecule has 2 aromatic rings. The van der Waals surface area contributed by atoms with Crippen LogP contribution in [0.5, 0.6) is 0 Å². The van der Waals surface area contributed by atoms with Crippen molar-refractivity contribution in [1.82, 2.24) is 14.6 Å². The molecule has 0 saturated carbocycles. The number of pyridine rings is 1. The molecule has 1 saturated heterocycles. The normalized spacial score (nSPS) is 16.8. The Bertz CT molecular complexity index is 863. The SMILES string of the molecule is CC(NC(=O)c1ccccc1S(=O)(=O)N1CCCCC1)c1ccncc1. The predicted octanol–water partition coefficient (Wildman–Crippen LogP) is 2.75. The fourth-order valence-electron chi connectivity index (χ4n) is 3.13. The van der Waals surface area contributed by atoms with E-state index in [-0.39, 0.29) is 16.5 Å². The summed E-state index contributed by atoms with van der Waals surface area (Å²) in [5.41, 5.74) is 1.09. The lowest BCUT2D eigenvalue weighted by Gasteiger charge is -2.26. The van der Waals surface area contributed by atoms with Crippen LogP contribution in [-0.4, -0.2) is 36.7 Å². The Morgan fingerprint density at radius 3 is 2.42 bits per heavy atom. The molecule has 0 radical (unpaired) electrons. The van der Waals surface area contributed by atoms with E-state index in [2.05, 4.69) is 10.3 Å². The number of hydrogen-bond acceptors (Lipinski definition) is 4. The quantitative estimate of drug-likeness (QED) is 0.874. The summed E-state index contributed by atoms with van der Waals surface area (Å²) in [6, 6.07) is 9.79. The molecule has 1 amide bonds. The van der Waals surface area contributed by atoms with Crippen molar-refractivity contribution in [3.8, 4) is 0 Å². The third-order valence-electron chi connectivity index (χ3n) is 4.62. The highest BCUT2D eigenvalue weighted by Crippen LogP contribution is 2.24. The van der Waals surface area contributed by atoms with Crippen molar-refractivity contribution in [2.45, 2.75) is 37.1 Å². The van der Waals surface area contributed by atoms with Crippen molar-refractivity contribution in [2.75, 3.05) is 13.1 Å². The van der Waals surface area contributed by atoms with Crippen molar-refractivity contribution >= 4 is 15.9 Å². The molecule has 0 bridgehead atoms. The second-order valence-corrected chi connectivity index (χ2v) is 8.34. The Morgan fingerprint density at radius 1 is 1.08 bits per heavy atom. The van der Waals surface area contributed by atoms with Gasteiger partial charge in [0.25, 0.3) is 5.91 Å². The van der Waals surface area contributed by atoms with E-state index < -0.39 is 15.9 Å². The van der Waals surface area contributed by atoms with Crippen molar-refractivity contribution in [3.63, 3.8) is 0 Å². The van der Waals surface area contributed by atoms with E-state index in [1.54, 1.807) is 30.6 Å². The minimum absolute atomic E-state index is 0.0707. The van der Waals surface area contributed by atoms with Crippen molar-refractivity contribution in [2.24, 2.45) is 0 Å².